The van der Waals surface area contributed by atoms with Crippen LogP contribution in [0, 0.1) is 41.0 Å². The zero-order chi connectivity index (χ0) is 65.6. The molecule has 3 aliphatic heterocycles. The third-order valence-electron chi connectivity index (χ3n) is 18.3. The lowest BCUT2D eigenvalue weighted by Crippen LogP contribution is -2.34. The summed E-state index contributed by atoms with van der Waals surface area (Å²) >= 11 is 0. The van der Waals surface area contributed by atoms with E-state index < -0.39 is 58.2 Å². The number of hydrogen-bond donors (Lipinski definition) is 3. The van der Waals surface area contributed by atoms with Crippen molar-refractivity contribution < 1.29 is 42.8 Å². The van der Waals surface area contributed by atoms with Crippen LogP contribution in [0.15, 0.2) is 210 Å². The Balaban J connectivity index is 0.000000128. The first kappa shape index (κ1) is 63.8. The van der Waals surface area contributed by atoms with Crippen LogP contribution in [0.3, 0.4) is 0 Å². The summed E-state index contributed by atoms with van der Waals surface area (Å²) in [6.45, 7) is 8.75. The molecule has 15 rings (SSSR count). The number of aromatic amines is 3. The van der Waals surface area contributed by atoms with Crippen LogP contribution in [-0.4, -0.2) is 120 Å². The maximum Gasteiger partial charge on any atom is 0.246 e. The fraction of sp³-hybridized carbons (Fsp3) is 0.261. The van der Waals surface area contributed by atoms with Gasteiger partial charge in [0.05, 0.1) is 23.5 Å². The lowest BCUT2D eigenvalue weighted by Gasteiger charge is -2.21. The summed E-state index contributed by atoms with van der Waals surface area (Å²) in [5, 5.41) is 23.8. The van der Waals surface area contributed by atoms with Gasteiger partial charge in [0.15, 0.2) is 11.6 Å². The minimum absolute atomic E-state index is 0.0122. The number of aromatic nitrogens is 9. The number of H-pyrrole nitrogens is 3. The molecule has 25 heteroatoms. The molecular formula is C69H68F4N12O6S3. The van der Waals surface area contributed by atoms with Crippen molar-refractivity contribution in [3.8, 4) is 33.4 Å². The van der Waals surface area contributed by atoms with Crippen molar-refractivity contribution in [2.45, 2.75) is 92.5 Å². The summed E-state index contributed by atoms with van der Waals surface area (Å²) in [4.78, 5) is -0.845. The van der Waals surface area contributed by atoms with Crippen molar-refractivity contribution in [2.75, 3.05) is 19.6 Å². The highest BCUT2D eigenvalue weighted by Gasteiger charge is 2.42. The average molecular weight is 1330 g/mol. The number of benzene rings is 6. The van der Waals surface area contributed by atoms with Gasteiger partial charge in [-0.05, 0) is 172 Å². The van der Waals surface area contributed by atoms with E-state index in [1.54, 1.807) is 31.6 Å². The van der Waals surface area contributed by atoms with Crippen LogP contribution in [0.4, 0.5) is 17.6 Å². The summed E-state index contributed by atoms with van der Waals surface area (Å²) in [6.07, 6.45) is 19.2. The molecule has 6 aromatic carbocycles. The Kier molecular flexibility index (Phi) is 17.7. The van der Waals surface area contributed by atoms with Crippen molar-refractivity contribution in [2.24, 2.45) is 17.8 Å². The minimum Gasteiger partial charge on any atom is -0.347 e. The Hall–Kier alpha value is -8.98. The first-order valence-electron chi connectivity index (χ1n) is 30.9. The van der Waals surface area contributed by atoms with E-state index in [1.165, 1.54) is 55.4 Å². The summed E-state index contributed by atoms with van der Waals surface area (Å²) in [7, 11) is -11.7. The van der Waals surface area contributed by atoms with Gasteiger partial charge in [-0.25, -0.2) is 42.8 Å². The third-order valence-corrected chi connectivity index (χ3v) is 24.3. The van der Waals surface area contributed by atoms with Gasteiger partial charge in [0, 0.05) is 144 Å². The second-order valence-electron chi connectivity index (χ2n) is 24.7. The van der Waals surface area contributed by atoms with Crippen molar-refractivity contribution in [3.63, 3.8) is 0 Å². The predicted molar refractivity (Wildman–Crippen MR) is 352 cm³/mol. The Labute approximate surface area is 541 Å². The summed E-state index contributed by atoms with van der Waals surface area (Å²) < 4.78 is 145. The summed E-state index contributed by atoms with van der Waals surface area (Å²) in [6, 6.07) is 38.4. The first-order chi connectivity index (χ1) is 45.2. The number of sulfonamides is 3. The Bertz CT molecular complexity index is 5040. The van der Waals surface area contributed by atoms with Gasteiger partial charge < -0.3 is 13.7 Å². The number of halogens is 4. The molecule has 3 N–H and O–H groups in total. The number of fused-ring (bicyclic) bond motifs is 3. The van der Waals surface area contributed by atoms with E-state index in [0.29, 0.717) is 32.6 Å². The summed E-state index contributed by atoms with van der Waals surface area (Å²) in [5.74, 6) is -3.35. The van der Waals surface area contributed by atoms with Gasteiger partial charge in [0.2, 0.25) is 30.1 Å². The lowest BCUT2D eigenvalue weighted by atomic mass is 10.1. The van der Waals surface area contributed by atoms with Crippen LogP contribution in [0.25, 0.3) is 66.1 Å². The molecule has 6 aromatic heterocycles. The van der Waals surface area contributed by atoms with E-state index in [1.807, 2.05) is 63.0 Å². The van der Waals surface area contributed by atoms with E-state index in [-0.39, 0.29) is 52.2 Å². The van der Waals surface area contributed by atoms with Gasteiger partial charge in [-0.1, -0.05) is 42.5 Å². The normalized spacial score (nSPS) is 19.9. The molecule has 0 bridgehead atoms. The second-order valence-corrected chi connectivity index (χ2v) is 30.3. The molecule has 3 fully saturated rings. The second kappa shape index (κ2) is 26.1. The lowest BCUT2D eigenvalue weighted by molar-refractivity contribution is 0.393. The number of rotatable bonds is 15. The van der Waals surface area contributed by atoms with Gasteiger partial charge in [-0.2, -0.15) is 28.2 Å². The van der Waals surface area contributed by atoms with Crippen LogP contribution < -0.4 is 0 Å². The highest BCUT2D eigenvalue weighted by Crippen LogP contribution is 2.37. The number of hydrogen-bond acceptors (Lipinski definition) is 9. The largest absolute Gasteiger partial charge is 0.347 e. The number of nitrogens with zero attached hydrogens (tertiary/aromatic N) is 9. The Morgan fingerprint density at radius 1 is 0.415 bits per heavy atom. The monoisotopic (exact) mass is 1330 g/mol. The zero-order valence-electron chi connectivity index (χ0n) is 51.5. The molecule has 6 atom stereocenters. The standard InChI is InChI=1S/C23H22F2N4O2S.2C23H23FN4O2S/c1-15-9-16(14-29(15)32(30,31)22-4-2-3-20(24)23(22)25)13-28-8-7-18-10-17(5-6-21(18)28)19-11-26-27-12-19;1-16-9-17(15-28(16)31(29,30)22-4-2-3-21(24)11-22)14-27-8-7-19-10-18(5-6-23(19)27)20-12-25-26-13-20;1-16-10-17(15-28(16)31(29,30)23-5-3-2-4-21(23)24)14-27-9-8-19-11-18(6-7-22(19)27)20-12-25-26-13-20/h2-8,10-12,15-16H,9,13-14H2,1H3,(H,26,27);2-8,10-13,16-17H,9,14-15H2,1H3,(H,25,26);2-9,11-13,16-17H,10,14-15H2,1H3,(H,25,26). The zero-order valence-corrected chi connectivity index (χ0v) is 54.0. The van der Waals surface area contributed by atoms with Crippen molar-refractivity contribution in [1.82, 2.24) is 57.2 Å². The third kappa shape index (κ3) is 12.8. The van der Waals surface area contributed by atoms with Gasteiger partial charge in [0.1, 0.15) is 21.4 Å². The molecule has 6 unspecified atom stereocenters. The summed E-state index contributed by atoms with van der Waals surface area (Å²) in [5.41, 5.74) is 9.62. The van der Waals surface area contributed by atoms with E-state index in [0.717, 1.165) is 104 Å². The van der Waals surface area contributed by atoms with E-state index in [9.17, 15) is 42.8 Å². The Morgan fingerprint density at radius 3 is 1.20 bits per heavy atom. The van der Waals surface area contributed by atoms with Gasteiger partial charge >= 0.3 is 0 Å². The van der Waals surface area contributed by atoms with Crippen LogP contribution in [-0.2, 0) is 49.7 Å². The molecule has 486 valence electrons. The van der Waals surface area contributed by atoms with Gasteiger partial charge in [-0.3, -0.25) is 15.3 Å². The topological polar surface area (TPSA) is 213 Å². The highest BCUT2D eigenvalue weighted by atomic mass is 32.2. The molecule has 0 aliphatic carbocycles. The van der Waals surface area contributed by atoms with Crippen molar-refractivity contribution in [1.29, 1.82) is 0 Å². The average Bonchev–Trinajstić information content (AvgIpc) is 1.53. The van der Waals surface area contributed by atoms with Crippen LogP contribution in [0.5, 0.6) is 0 Å². The molecule has 0 spiro atoms. The molecule has 94 heavy (non-hydrogen) atoms. The molecule has 0 radical (unpaired) electrons. The molecular weight excluding hydrogens is 1270 g/mol. The maximum absolute atomic E-state index is 14.2. The molecule has 12 aromatic rings. The van der Waals surface area contributed by atoms with Crippen molar-refractivity contribution >= 4 is 62.8 Å². The number of nitrogens with one attached hydrogen (secondary N) is 3. The van der Waals surface area contributed by atoms with E-state index >= 15 is 0 Å². The fourth-order valence-corrected chi connectivity index (χ4v) is 19.1. The van der Waals surface area contributed by atoms with Crippen LogP contribution in [0.2, 0.25) is 0 Å². The van der Waals surface area contributed by atoms with E-state index in [4.69, 9.17) is 0 Å². The molecule has 3 saturated heterocycles. The SMILES string of the molecule is CC1CC(Cn2ccc3cc(-c4cn[nH]c4)ccc32)CN1S(=O)(=O)c1cccc(F)c1.CC1CC(Cn2ccc3cc(-c4cn[nH]c4)ccc32)CN1S(=O)(=O)c1cccc(F)c1F.CC1CC(Cn2ccc3cc(-c4cn[nH]c4)ccc32)CN1S(=O)(=O)c1ccccc1F. The smallest absolute Gasteiger partial charge is 0.246 e. The molecule has 0 saturated carbocycles. The minimum atomic E-state index is -4.13. The maximum atomic E-state index is 14.2. The van der Waals surface area contributed by atoms with Gasteiger partial charge in [0.25, 0.3) is 0 Å². The van der Waals surface area contributed by atoms with Crippen LogP contribution in [0.1, 0.15) is 40.0 Å². The predicted octanol–water partition coefficient (Wildman–Crippen LogP) is 12.9. The van der Waals surface area contributed by atoms with Gasteiger partial charge in [-0.15, -0.1) is 0 Å². The molecule has 3 aliphatic rings. The van der Waals surface area contributed by atoms with E-state index in [2.05, 4.69) is 105 Å². The first-order valence-corrected chi connectivity index (χ1v) is 35.3. The molecule has 9 heterocycles. The highest BCUT2D eigenvalue weighted by molar-refractivity contribution is 7.89. The fourth-order valence-electron chi connectivity index (χ4n) is 13.8. The van der Waals surface area contributed by atoms with Crippen molar-refractivity contribution in [3.05, 3.63) is 219 Å². The molecule has 18 nitrogen and oxygen atoms in total. The van der Waals surface area contributed by atoms with Crippen LogP contribution >= 0.6 is 0 Å². The molecule has 0 amide bonds. The Morgan fingerprint density at radius 2 is 0.798 bits per heavy atom. The quantitative estimate of drug-likeness (QED) is 0.0832.